The van der Waals surface area contributed by atoms with Gasteiger partial charge in [0, 0.05) is 7.11 Å². The summed E-state index contributed by atoms with van der Waals surface area (Å²) in [6.07, 6.45) is -8.53. The summed E-state index contributed by atoms with van der Waals surface area (Å²) in [6.45, 7) is 1.23. The van der Waals surface area contributed by atoms with Gasteiger partial charge in [-0.2, -0.15) is 0 Å². The average Bonchev–Trinajstić information content (AvgIpc) is 3.10. The molecule has 2 fully saturated rings. The van der Waals surface area contributed by atoms with Crippen molar-refractivity contribution in [2.24, 2.45) is 4.99 Å². The van der Waals surface area contributed by atoms with Gasteiger partial charge in [-0.05, 0) is 6.42 Å². The van der Waals surface area contributed by atoms with Gasteiger partial charge in [-0.15, -0.1) is 0 Å². The third-order valence-electron chi connectivity index (χ3n) is 5.50. The number of fused-ring (bicyclic) bond motifs is 1. The third-order valence-corrected chi connectivity index (χ3v) is 5.50. The molecule has 3 aliphatic rings. The molecule has 26 heavy (non-hydrogen) atoms. The van der Waals surface area contributed by atoms with Crippen molar-refractivity contribution in [3.63, 3.8) is 0 Å². The SMILES string of the molecule is CC[C@@]12OC(N[C@H]3[C@@H](OC)O[C@H](CO)[C@@H](O)[C@@H]3O)=NC1[C@H](O)[C@@H](O)[C@@H]2O. The minimum Gasteiger partial charge on any atom is -0.453 e. The number of aliphatic hydroxyl groups excluding tert-OH is 6. The third kappa shape index (κ3) is 2.79. The molecule has 1 aliphatic carbocycles. The Balaban J connectivity index is 1.79. The first-order chi connectivity index (χ1) is 12.3. The van der Waals surface area contributed by atoms with Crippen LogP contribution in [0.4, 0.5) is 0 Å². The van der Waals surface area contributed by atoms with Crippen LogP contribution in [0.5, 0.6) is 0 Å². The molecule has 11 heteroatoms. The second-order valence-electron chi connectivity index (χ2n) is 6.83. The molecular formula is C15H26N2O9. The standard InChI is InChI=1S/C15H26N2O9/c1-3-15-11(9(21)10(22)12(15)23)17-14(26-15)16-6-8(20)7(19)5(4-18)25-13(6)24-2/h5-13,18-23H,3-4H2,1-2H3,(H,16,17)/t5-,6-,7-,8-,9-,10-,11?,12+,13+,15-/m1/s1. The van der Waals surface area contributed by atoms with E-state index >= 15 is 0 Å². The predicted octanol–water partition coefficient (Wildman–Crippen LogP) is -3.97. The fraction of sp³-hybridized carbons (Fsp3) is 0.933. The number of nitrogens with zero attached hydrogens (tertiary/aromatic N) is 1. The van der Waals surface area contributed by atoms with Crippen molar-refractivity contribution in [3.8, 4) is 0 Å². The lowest BCUT2D eigenvalue weighted by atomic mass is 9.92. The number of rotatable bonds is 4. The highest BCUT2D eigenvalue weighted by Gasteiger charge is 2.64. The van der Waals surface area contributed by atoms with Crippen LogP contribution in [0.2, 0.25) is 0 Å². The molecule has 2 heterocycles. The molecule has 3 rings (SSSR count). The molecule has 10 atom stereocenters. The van der Waals surface area contributed by atoms with Crippen molar-refractivity contribution in [2.45, 2.75) is 73.9 Å². The molecule has 0 spiro atoms. The van der Waals surface area contributed by atoms with Crippen LogP contribution >= 0.6 is 0 Å². The van der Waals surface area contributed by atoms with Gasteiger partial charge in [0.15, 0.2) is 11.9 Å². The Hall–Kier alpha value is -1.05. The molecule has 11 nitrogen and oxygen atoms in total. The van der Waals surface area contributed by atoms with Gasteiger partial charge in [-0.25, -0.2) is 4.99 Å². The van der Waals surface area contributed by atoms with E-state index < -0.39 is 67.2 Å². The fourth-order valence-electron chi connectivity index (χ4n) is 3.90. The highest BCUT2D eigenvalue weighted by Crippen LogP contribution is 2.43. The molecule has 0 aromatic rings. The van der Waals surface area contributed by atoms with Crippen LogP contribution in [-0.2, 0) is 14.2 Å². The monoisotopic (exact) mass is 378 g/mol. The van der Waals surface area contributed by atoms with Crippen molar-refractivity contribution < 1.29 is 44.8 Å². The van der Waals surface area contributed by atoms with Gasteiger partial charge in [0.2, 0.25) is 0 Å². The van der Waals surface area contributed by atoms with Crippen molar-refractivity contribution in [3.05, 3.63) is 0 Å². The molecule has 0 aromatic heterocycles. The Bertz CT molecular complexity index is 547. The zero-order valence-electron chi connectivity index (χ0n) is 14.5. The van der Waals surface area contributed by atoms with E-state index in [1.807, 2.05) is 0 Å². The molecular weight excluding hydrogens is 352 g/mol. The van der Waals surface area contributed by atoms with E-state index in [1.54, 1.807) is 6.92 Å². The van der Waals surface area contributed by atoms with Gasteiger partial charge in [0.05, 0.1) is 6.61 Å². The van der Waals surface area contributed by atoms with Gasteiger partial charge < -0.3 is 50.2 Å². The minimum absolute atomic E-state index is 0.0776. The minimum atomic E-state index is -1.38. The number of ether oxygens (including phenoxy) is 3. The Morgan fingerprint density at radius 1 is 1.12 bits per heavy atom. The van der Waals surface area contributed by atoms with E-state index in [1.165, 1.54) is 7.11 Å². The Morgan fingerprint density at radius 2 is 1.81 bits per heavy atom. The maximum atomic E-state index is 10.3. The fourth-order valence-corrected chi connectivity index (χ4v) is 3.90. The van der Waals surface area contributed by atoms with Gasteiger partial charge in [-0.1, -0.05) is 6.92 Å². The molecule has 2 aliphatic heterocycles. The highest BCUT2D eigenvalue weighted by atomic mass is 16.7. The number of aliphatic imine (C=N–C) groups is 1. The first-order valence-electron chi connectivity index (χ1n) is 8.53. The van der Waals surface area contributed by atoms with Crippen LogP contribution in [0.15, 0.2) is 4.99 Å². The molecule has 0 radical (unpaired) electrons. The molecule has 150 valence electrons. The Kier molecular flexibility index (Phi) is 5.43. The first-order valence-corrected chi connectivity index (χ1v) is 8.53. The van der Waals surface area contributed by atoms with E-state index in [0.717, 1.165) is 0 Å². The normalized spacial score (nSPS) is 50.9. The Morgan fingerprint density at radius 3 is 2.35 bits per heavy atom. The van der Waals surface area contributed by atoms with Crippen LogP contribution in [0.25, 0.3) is 0 Å². The summed E-state index contributed by atoms with van der Waals surface area (Å²) in [7, 11) is 1.33. The molecule has 0 amide bonds. The lowest BCUT2D eigenvalue weighted by Crippen LogP contribution is -2.65. The molecule has 0 bridgehead atoms. The quantitative estimate of drug-likeness (QED) is 0.256. The maximum Gasteiger partial charge on any atom is 0.286 e. The zero-order valence-corrected chi connectivity index (χ0v) is 14.5. The molecule has 1 unspecified atom stereocenters. The van der Waals surface area contributed by atoms with Gasteiger partial charge in [0.1, 0.15) is 48.7 Å². The van der Waals surface area contributed by atoms with Crippen molar-refractivity contribution in [2.75, 3.05) is 13.7 Å². The van der Waals surface area contributed by atoms with Crippen LogP contribution in [0.3, 0.4) is 0 Å². The van der Waals surface area contributed by atoms with Crippen LogP contribution in [0, 0.1) is 0 Å². The number of aliphatic hydroxyl groups is 6. The number of nitrogens with one attached hydrogen (secondary N) is 1. The first kappa shape index (κ1) is 19.7. The highest BCUT2D eigenvalue weighted by molar-refractivity contribution is 5.77. The van der Waals surface area contributed by atoms with Crippen LogP contribution in [0.1, 0.15) is 13.3 Å². The van der Waals surface area contributed by atoms with E-state index in [-0.39, 0.29) is 12.4 Å². The largest absolute Gasteiger partial charge is 0.453 e. The van der Waals surface area contributed by atoms with Gasteiger partial charge in [0.25, 0.3) is 6.02 Å². The van der Waals surface area contributed by atoms with Crippen molar-refractivity contribution in [1.29, 1.82) is 0 Å². The summed E-state index contributed by atoms with van der Waals surface area (Å²) in [5, 5.41) is 62.7. The van der Waals surface area contributed by atoms with Gasteiger partial charge >= 0.3 is 0 Å². The summed E-state index contributed by atoms with van der Waals surface area (Å²) in [5.74, 6) is 0. The number of methoxy groups -OCH3 is 1. The molecule has 1 saturated carbocycles. The second-order valence-corrected chi connectivity index (χ2v) is 6.83. The lowest BCUT2D eigenvalue weighted by Gasteiger charge is -2.42. The number of hydrogen-bond acceptors (Lipinski definition) is 11. The van der Waals surface area contributed by atoms with E-state index in [2.05, 4.69) is 10.3 Å². The summed E-state index contributed by atoms with van der Waals surface area (Å²) >= 11 is 0. The Labute approximate surface area is 149 Å². The van der Waals surface area contributed by atoms with Crippen molar-refractivity contribution >= 4 is 6.02 Å². The van der Waals surface area contributed by atoms with E-state index in [4.69, 9.17) is 14.2 Å². The maximum absolute atomic E-state index is 10.3. The average molecular weight is 378 g/mol. The van der Waals surface area contributed by atoms with E-state index in [9.17, 15) is 30.6 Å². The van der Waals surface area contributed by atoms with Crippen LogP contribution in [-0.4, -0.2) is 111 Å². The van der Waals surface area contributed by atoms with Crippen LogP contribution < -0.4 is 5.32 Å². The summed E-state index contributed by atoms with van der Waals surface area (Å²) in [5.41, 5.74) is -1.30. The van der Waals surface area contributed by atoms with E-state index in [0.29, 0.717) is 0 Å². The molecule has 0 aromatic carbocycles. The predicted molar refractivity (Wildman–Crippen MR) is 85.0 cm³/mol. The lowest BCUT2D eigenvalue weighted by molar-refractivity contribution is -0.261. The van der Waals surface area contributed by atoms with Crippen molar-refractivity contribution in [1.82, 2.24) is 5.32 Å². The topological polar surface area (TPSA) is 173 Å². The molecule has 7 N–H and O–H groups in total. The zero-order chi connectivity index (χ0) is 19.2. The smallest absolute Gasteiger partial charge is 0.286 e. The summed E-state index contributed by atoms with van der Waals surface area (Å²) in [4.78, 5) is 4.20. The number of hydrogen-bond donors (Lipinski definition) is 7. The second kappa shape index (κ2) is 7.17. The van der Waals surface area contributed by atoms with Gasteiger partial charge in [-0.3, -0.25) is 0 Å². The summed E-state index contributed by atoms with van der Waals surface area (Å²) < 4.78 is 16.3. The molecule has 1 saturated heterocycles. The summed E-state index contributed by atoms with van der Waals surface area (Å²) in [6, 6.07) is -1.95. The number of amidine groups is 1.